The van der Waals surface area contributed by atoms with Crippen LogP contribution in [0.3, 0.4) is 0 Å². The molecule has 31 heavy (non-hydrogen) atoms. The van der Waals surface area contributed by atoms with Gasteiger partial charge in [0.25, 0.3) is 5.89 Å². The average Bonchev–Trinajstić information content (AvgIpc) is 3.44. The minimum absolute atomic E-state index is 0.607. The maximum absolute atomic E-state index is 5.67. The Morgan fingerprint density at radius 1 is 0.871 bits per heavy atom. The maximum Gasteiger partial charge on any atom is 0.260 e. The van der Waals surface area contributed by atoms with Gasteiger partial charge in [-0.1, -0.05) is 53.7 Å². The molecule has 0 radical (unpaired) electrons. The second-order valence-corrected chi connectivity index (χ2v) is 8.06. The van der Waals surface area contributed by atoms with E-state index in [-0.39, 0.29) is 0 Å². The number of para-hydroxylation sites is 1. The van der Waals surface area contributed by atoms with Crippen molar-refractivity contribution in [1.82, 2.24) is 19.6 Å². The summed E-state index contributed by atoms with van der Waals surface area (Å²) in [7, 11) is 0. The maximum atomic E-state index is 5.67. The van der Waals surface area contributed by atoms with Gasteiger partial charge >= 0.3 is 0 Å². The van der Waals surface area contributed by atoms with Crippen molar-refractivity contribution in [3.8, 4) is 11.5 Å². The number of morpholine rings is 1. The van der Waals surface area contributed by atoms with E-state index in [9.17, 15) is 0 Å². The summed E-state index contributed by atoms with van der Waals surface area (Å²) in [6.45, 7) is 5.60. The van der Waals surface area contributed by atoms with E-state index < -0.39 is 0 Å². The van der Waals surface area contributed by atoms with Crippen LogP contribution < -0.4 is 0 Å². The molecule has 5 rings (SSSR count). The Hall–Kier alpha value is -2.96. The highest BCUT2D eigenvalue weighted by atomic mass is 16.5. The lowest BCUT2D eigenvalue weighted by Crippen LogP contribution is -2.38. The summed E-state index contributed by atoms with van der Waals surface area (Å²) in [5, 5.41) is 5.40. The summed E-state index contributed by atoms with van der Waals surface area (Å²) in [5.41, 5.74) is 3.56. The lowest BCUT2D eigenvalue weighted by atomic mass is 10.1. The van der Waals surface area contributed by atoms with Crippen molar-refractivity contribution in [1.29, 1.82) is 0 Å². The zero-order valence-electron chi connectivity index (χ0n) is 17.7. The molecule has 2 aromatic carbocycles. The van der Waals surface area contributed by atoms with Gasteiger partial charge in [0.2, 0.25) is 0 Å². The van der Waals surface area contributed by atoms with Crippen molar-refractivity contribution < 1.29 is 9.26 Å². The number of aromatic nitrogens is 3. The molecule has 160 valence electrons. The normalized spacial score (nSPS) is 15.0. The van der Waals surface area contributed by atoms with Crippen molar-refractivity contribution >= 4 is 10.9 Å². The lowest BCUT2D eigenvalue weighted by Gasteiger charge is -2.26. The molecule has 0 bridgehead atoms. The number of ether oxygens (including phenoxy) is 1. The molecule has 4 aromatic rings. The highest BCUT2D eigenvalue weighted by Gasteiger charge is 2.17. The van der Waals surface area contributed by atoms with Crippen LogP contribution in [0.5, 0.6) is 0 Å². The quantitative estimate of drug-likeness (QED) is 0.431. The van der Waals surface area contributed by atoms with Gasteiger partial charge in [0.15, 0.2) is 5.82 Å². The molecule has 3 heterocycles. The first-order valence-corrected chi connectivity index (χ1v) is 11.1. The van der Waals surface area contributed by atoms with Crippen LogP contribution in [0.2, 0.25) is 0 Å². The first-order chi connectivity index (χ1) is 15.4. The van der Waals surface area contributed by atoms with Crippen LogP contribution in [0.15, 0.2) is 65.3 Å². The monoisotopic (exact) mass is 416 g/mol. The minimum atomic E-state index is 0.607. The van der Waals surface area contributed by atoms with Gasteiger partial charge < -0.3 is 13.8 Å². The van der Waals surface area contributed by atoms with Gasteiger partial charge in [-0.05, 0) is 24.5 Å². The summed E-state index contributed by atoms with van der Waals surface area (Å²) in [6.07, 6.45) is 5.00. The fourth-order valence-electron chi connectivity index (χ4n) is 4.24. The van der Waals surface area contributed by atoms with Crippen LogP contribution in [-0.2, 0) is 24.1 Å². The van der Waals surface area contributed by atoms with Gasteiger partial charge in [-0.25, -0.2) is 0 Å². The van der Waals surface area contributed by atoms with Crippen molar-refractivity contribution in [3.05, 3.63) is 72.2 Å². The molecule has 0 amide bonds. The molecule has 0 saturated carbocycles. The summed E-state index contributed by atoms with van der Waals surface area (Å²) < 4.78 is 13.4. The topological polar surface area (TPSA) is 56.3 Å². The van der Waals surface area contributed by atoms with E-state index in [1.807, 2.05) is 6.07 Å². The first-order valence-electron chi connectivity index (χ1n) is 11.1. The number of rotatable bonds is 8. The molecular formula is C25H28N4O2. The van der Waals surface area contributed by atoms with Crippen molar-refractivity contribution in [2.24, 2.45) is 0 Å². The summed E-state index contributed by atoms with van der Waals surface area (Å²) in [4.78, 5) is 7.16. The van der Waals surface area contributed by atoms with Gasteiger partial charge in [0, 0.05) is 49.7 Å². The zero-order valence-corrected chi connectivity index (χ0v) is 17.7. The van der Waals surface area contributed by atoms with Gasteiger partial charge in [-0.3, -0.25) is 4.90 Å². The molecule has 1 aliphatic rings. The number of aryl methyl sites for hydroxylation is 2. The molecule has 0 atom stereocenters. The molecule has 1 saturated heterocycles. The Kier molecular flexibility index (Phi) is 6.09. The molecule has 0 N–H and O–H groups in total. The SMILES string of the molecule is c1ccc(CCCc2noc(-c3cn(CCN4CCOCC4)c4ccccc34)n2)cc1. The molecule has 1 aliphatic heterocycles. The van der Waals surface area contributed by atoms with E-state index >= 15 is 0 Å². The molecule has 0 spiro atoms. The van der Waals surface area contributed by atoms with E-state index in [4.69, 9.17) is 14.2 Å². The van der Waals surface area contributed by atoms with Crippen LogP contribution in [-0.4, -0.2) is 52.5 Å². The molecule has 6 nitrogen and oxygen atoms in total. The van der Waals surface area contributed by atoms with Crippen LogP contribution in [0.1, 0.15) is 17.8 Å². The predicted octanol–water partition coefficient (Wildman–Crippen LogP) is 4.20. The molecular weight excluding hydrogens is 388 g/mol. The summed E-state index contributed by atoms with van der Waals surface area (Å²) >= 11 is 0. The van der Waals surface area contributed by atoms with E-state index in [2.05, 4.69) is 69.4 Å². The van der Waals surface area contributed by atoms with Crippen LogP contribution >= 0.6 is 0 Å². The average molecular weight is 417 g/mol. The molecule has 6 heteroatoms. The second-order valence-electron chi connectivity index (χ2n) is 8.06. The fraction of sp³-hybridized carbons (Fsp3) is 0.360. The third kappa shape index (κ3) is 4.70. The predicted molar refractivity (Wildman–Crippen MR) is 121 cm³/mol. The number of benzene rings is 2. The van der Waals surface area contributed by atoms with Gasteiger partial charge in [-0.2, -0.15) is 4.98 Å². The Bertz CT molecular complexity index is 1110. The van der Waals surface area contributed by atoms with Crippen LogP contribution in [0, 0.1) is 0 Å². The van der Waals surface area contributed by atoms with E-state index in [0.717, 1.165) is 75.4 Å². The molecule has 2 aromatic heterocycles. The van der Waals surface area contributed by atoms with E-state index in [1.165, 1.54) is 11.1 Å². The van der Waals surface area contributed by atoms with Gasteiger partial charge in [0.1, 0.15) is 0 Å². The van der Waals surface area contributed by atoms with E-state index in [1.54, 1.807) is 0 Å². The highest BCUT2D eigenvalue weighted by Crippen LogP contribution is 2.29. The zero-order chi connectivity index (χ0) is 20.9. The number of hydrogen-bond acceptors (Lipinski definition) is 5. The molecule has 0 unspecified atom stereocenters. The van der Waals surface area contributed by atoms with Crippen LogP contribution in [0.25, 0.3) is 22.4 Å². The van der Waals surface area contributed by atoms with Gasteiger partial charge in [-0.15, -0.1) is 0 Å². The third-order valence-corrected chi connectivity index (χ3v) is 5.96. The Labute approximate surface area is 182 Å². The van der Waals surface area contributed by atoms with Crippen molar-refractivity contribution in [3.63, 3.8) is 0 Å². The number of hydrogen-bond donors (Lipinski definition) is 0. The Morgan fingerprint density at radius 2 is 1.68 bits per heavy atom. The number of fused-ring (bicyclic) bond motifs is 1. The smallest absolute Gasteiger partial charge is 0.260 e. The lowest BCUT2D eigenvalue weighted by molar-refractivity contribution is 0.0365. The second kappa shape index (κ2) is 9.45. The Morgan fingerprint density at radius 3 is 2.55 bits per heavy atom. The largest absolute Gasteiger partial charge is 0.379 e. The highest BCUT2D eigenvalue weighted by molar-refractivity contribution is 5.94. The first kappa shape index (κ1) is 20.0. The van der Waals surface area contributed by atoms with Gasteiger partial charge in [0.05, 0.1) is 18.8 Å². The number of nitrogens with zero attached hydrogens (tertiary/aromatic N) is 4. The standard InChI is InChI=1S/C25H28N4O2/c1-2-7-20(8-3-1)9-6-12-24-26-25(31-27-24)22-19-29(23-11-5-4-10-21(22)23)14-13-28-15-17-30-18-16-28/h1-5,7-8,10-11,19H,6,9,12-18H2. The summed E-state index contributed by atoms with van der Waals surface area (Å²) in [6, 6.07) is 19.0. The molecule has 1 fully saturated rings. The van der Waals surface area contributed by atoms with Crippen molar-refractivity contribution in [2.45, 2.75) is 25.8 Å². The Balaban J connectivity index is 1.29. The van der Waals surface area contributed by atoms with Crippen molar-refractivity contribution in [2.75, 3.05) is 32.8 Å². The van der Waals surface area contributed by atoms with E-state index in [0.29, 0.717) is 5.89 Å². The fourth-order valence-corrected chi connectivity index (χ4v) is 4.24. The van der Waals surface area contributed by atoms with Crippen LogP contribution in [0.4, 0.5) is 0 Å². The summed E-state index contributed by atoms with van der Waals surface area (Å²) in [5.74, 6) is 1.38. The minimum Gasteiger partial charge on any atom is -0.379 e. The third-order valence-electron chi connectivity index (χ3n) is 5.96. The molecule has 0 aliphatic carbocycles.